The largest absolute Gasteiger partial charge is 0.339 e. The lowest BCUT2D eigenvalue weighted by atomic mass is 10.2. The van der Waals surface area contributed by atoms with E-state index in [0.717, 1.165) is 30.0 Å². The number of carbonyl (C=O) groups is 1. The van der Waals surface area contributed by atoms with E-state index in [1.807, 2.05) is 35.0 Å². The molecule has 0 atom stereocenters. The number of carbonyl (C=O) groups excluding carboxylic acids is 1. The van der Waals surface area contributed by atoms with Gasteiger partial charge in [0.15, 0.2) is 12.1 Å². The first-order valence-electron chi connectivity index (χ1n) is 6.66. The molecular weight excluding hydrogens is 254 g/mol. The summed E-state index contributed by atoms with van der Waals surface area (Å²) in [5.41, 5.74) is 1.68. The fraction of sp³-hybridized carbons (Fsp3) is 0.267. The Balaban J connectivity index is 1.95. The number of rotatable bonds is 5. The van der Waals surface area contributed by atoms with E-state index in [-0.39, 0.29) is 0 Å². The zero-order chi connectivity index (χ0) is 13.9. The highest BCUT2D eigenvalue weighted by Crippen LogP contribution is 2.20. The van der Waals surface area contributed by atoms with Crippen LogP contribution >= 0.6 is 0 Å². The average molecular weight is 269 g/mol. The smallest absolute Gasteiger partial charge is 0.226 e. The first-order valence-corrected chi connectivity index (χ1v) is 6.66. The van der Waals surface area contributed by atoms with Gasteiger partial charge in [-0.15, -0.1) is 0 Å². The van der Waals surface area contributed by atoms with E-state index >= 15 is 0 Å². The van der Waals surface area contributed by atoms with E-state index in [2.05, 4.69) is 17.1 Å². The number of aromatic nitrogens is 3. The fourth-order valence-corrected chi connectivity index (χ4v) is 2.32. The van der Waals surface area contributed by atoms with Crippen LogP contribution in [0.2, 0.25) is 0 Å². The summed E-state index contributed by atoms with van der Waals surface area (Å²) in [4.78, 5) is 15.5. The lowest BCUT2D eigenvalue weighted by Gasteiger charge is -2.00. The minimum Gasteiger partial charge on any atom is -0.339 e. The van der Waals surface area contributed by atoms with Gasteiger partial charge in [0.05, 0.1) is 6.54 Å². The van der Waals surface area contributed by atoms with Gasteiger partial charge in [-0.25, -0.2) is 0 Å². The second-order valence-corrected chi connectivity index (χ2v) is 4.70. The molecule has 3 rings (SSSR count). The van der Waals surface area contributed by atoms with Gasteiger partial charge in [-0.1, -0.05) is 30.3 Å². The van der Waals surface area contributed by atoms with Crippen LogP contribution in [0.15, 0.2) is 35.0 Å². The molecule has 2 heterocycles. The number of benzene rings is 1. The highest BCUT2D eigenvalue weighted by atomic mass is 16.5. The summed E-state index contributed by atoms with van der Waals surface area (Å²) in [6.07, 6.45) is 4.47. The molecule has 1 aromatic carbocycles. The average Bonchev–Trinajstić information content (AvgIpc) is 3.05. The Kier molecular flexibility index (Phi) is 3.33. The molecule has 0 radical (unpaired) electrons. The third kappa shape index (κ3) is 2.22. The number of nitrogens with zero attached hydrogens (tertiary/aromatic N) is 3. The maximum Gasteiger partial charge on any atom is 0.226 e. The molecule has 0 unspecified atom stereocenters. The molecule has 2 aromatic heterocycles. The van der Waals surface area contributed by atoms with Crippen LogP contribution in [-0.4, -0.2) is 21.0 Å². The molecule has 3 aromatic rings. The van der Waals surface area contributed by atoms with Crippen LogP contribution < -0.4 is 0 Å². The summed E-state index contributed by atoms with van der Waals surface area (Å²) in [6, 6.07) is 7.79. The minimum absolute atomic E-state index is 0.502. The summed E-state index contributed by atoms with van der Waals surface area (Å²) in [7, 11) is 0. The van der Waals surface area contributed by atoms with Gasteiger partial charge in [0, 0.05) is 29.1 Å². The normalized spacial score (nSPS) is 11.1. The molecule has 5 nitrogen and oxygen atoms in total. The fourth-order valence-electron chi connectivity index (χ4n) is 2.32. The second-order valence-electron chi connectivity index (χ2n) is 4.70. The lowest BCUT2D eigenvalue weighted by molar-refractivity contribution is 0.112. The number of para-hydroxylation sites is 1. The number of aryl methyl sites for hydroxylation is 1. The van der Waals surface area contributed by atoms with Crippen LogP contribution in [0.4, 0.5) is 0 Å². The molecule has 0 fully saturated rings. The number of fused-ring (bicyclic) bond motifs is 1. The van der Waals surface area contributed by atoms with Crippen molar-refractivity contribution >= 4 is 17.2 Å². The van der Waals surface area contributed by atoms with Crippen molar-refractivity contribution in [2.24, 2.45) is 0 Å². The lowest BCUT2D eigenvalue weighted by Crippen LogP contribution is -2.00. The van der Waals surface area contributed by atoms with E-state index in [0.29, 0.717) is 23.8 Å². The Morgan fingerprint density at radius 2 is 2.20 bits per heavy atom. The van der Waals surface area contributed by atoms with Gasteiger partial charge in [-0.05, 0) is 12.5 Å². The molecule has 0 aliphatic heterocycles. The quantitative estimate of drug-likeness (QED) is 0.668. The molecule has 0 bridgehead atoms. The Morgan fingerprint density at radius 3 is 3.00 bits per heavy atom. The molecule has 102 valence electrons. The van der Waals surface area contributed by atoms with E-state index in [4.69, 9.17) is 4.52 Å². The van der Waals surface area contributed by atoms with Crippen LogP contribution in [0.1, 0.15) is 35.4 Å². The van der Waals surface area contributed by atoms with Crippen molar-refractivity contribution < 1.29 is 9.32 Å². The zero-order valence-corrected chi connectivity index (χ0v) is 11.2. The second kappa shape index (κ2) is 5.28. The topological polar surface area (TPSA) is 60.9 Å². The van der Waals surface area contributed by atoms with Crippen LogP contribution in [0.25, 0.3) is 10.9 Å². The summed E-state index contributed by atoms with van der Waals surface area (Å²) >= 11 is 0. The van der Waals surface area contributed by atoms with Crippen LogP contribution in [0.5, 0.6) is 0 Å². The maximum absolute atomic E-state index is 11.1. The van der Waals surface area contributed by atoms with Gasteiger partial charge in [0.2, 0.25) is 5.89 Å². The van der Waals surface area contributed by atoms with Crippen LogP contribution in [-0.2, 0) is 13.0 Å². The SMILES string of the molecule is CCCc1nc(Cn2cc(C=O)c3ccccc32)no1. The monoisotopic (exact) mass is 269 g/mol. The van der Waals surface area contributed by atoms with Crippen molar-refractivity contribution in [3.8, 4) is 0 Å². The molecule has 0 spiro atoms. The van der Waals surface area contributed by atoms with Crippen LogP contribution in [0, 0.1) is 0 Å². The van der Waals surface area contributed by atoms with Crippen LogP contribution in [0.3, 0.4) is 0 Å². The number of hydrogen-bond acceptors (Lipinski definition) is 4. The Morgan fingerprint density at radius 1 is 1.35 bits per heavy atom. The highest BCUT2D eigenvalue weighted by molar-refractivity contribution is 5.97. The Hall–Kier alpha value is -2.43. The standard InChI is InChI=1S/C15H15N3O2/c1-2-5-15-16-14(17-20-15)9-18-8-11(10-19)12-6-3-4-7-13(12)18/h3-4,6-8,10H,2,5,9H2,1H3. The number of hydrogen-bond donors (Lipinski definition) is 0. The molecule has 0 saturated heterocycles. The maximum atomic E-state index is 11.1. The predicted octanol–water partition coefficient (Wildman–Crippen LogP) is 2.84. The summed E-state index contributed by atoms with van der Waals surface area (Å²) in [5.74, 6) is 1.29. The van der Waals surface area contributed by atoms with Gasteiger partial charge in [-0.2, -0.15) is 4.98 Å². The molecule has 0 saturated carbocycles. The first kappa shape index (κ1) is 12.6. The summed E-state index contributed by atoms with van der Waals surface area (Å²) < 4.78 is 7.15. The highest BCUT2D eigenvalue weighted by Gasteiger charge is 2.11. The Labute approximate surface area is 116 Å². The third-order valence-electron chi connectivity index (χ3n) is 3.23. The van der Waals surface area contributed by atoms with E-state index in [9.17, 15) is 4.79 Å². The van der Waals surface area contributed by atoms with Gasteiger partial charge in [-0.3, -0.25) is 4.79 Å². The Bertz CT molecular complexity index is 742. The molecule has 5 heteroatoms. The van der Waals surface area contributed by atoms with Gasteiger partial charge >= 0.3 is 0 Å². The molecule has 20 heavy (non-hydrogen) atoms. The minimum atomic E-state index is 0.502. The van der Waals surface area contributed by atoms with Gasteiger partial charge in [0.1, 0.15) is 0 Å². The summed E-state index contributed by atoms with van der Waals surface area (Å²) in [5, 5.41) is 4.92. The van der Waals surface area contributed by atoms with Crippen molar-refractivity contribution in [3.63, 3.8) is 0 Å². The van der Waals surface area contributed by atoms with Gasteiger partial charge < -0.3 is 9.09 Å². The molecule has 0 aliphatic rings. The molecule has 0 aliphatic carbocycles. The van der Waals surface area contributed by atoms with E-state index in [1.165, 1.54) is 0 Å². The first-order chi connectivity index (χ1) is 9.81. The molecule has 0 amide bonds. The van der Waals surface area contributed by atoms with Crippen molar-refractivity contribution in [2.45, 2.75) is 26.3 Å². The van der Waals surface area contributed by atoms with Crippen molar-refractivity contribution in [2.75, 3.05) is 0 Å². The molecule has 0 N–H and O–H groups in total. The summed E-state index contributed by atoms with van der Waals surface area (Å²) in [6.45, 7) is 2.57. The van der Waals surface area contributed by atoms with Crippen molar-refractivity contribution in [1.29, 1.82) is 0 Å². The van der Waals surface area contributed by atoms with Crippen molar-refractivity contribution in [3.05, 3.63) is 47.7 Å². The zero-order valence-electron chi connectivity index (χ0n) is 11.2. The van der Waals surface area contributed by atoms with E-state index < -0.39 is 0 Å². The van der Waals surface area contributed by atoms with Crippen molar-refractivity contribution in [1.82, 2.24) is 14.7 Å². The van der Waals surface area contributed by atoms with E-state index in [1.54, 1.807) is 0 Å². The predicted molar refractivity (Wildman–Crippen MR) is 74.7 cm³/mol. The van der Waals surface area contributed by atoms with Gasteiger partial charge in [0.25, 0.3) is 0 Å². The molecular formula is C15H15N3O2. The number of aldehydes is 1. The third-order valence-corrected chi connectivity index (χ3v) is 3.23.